The van der Waals surface area contributed by atoms with Crippen molar-refractivity contribution in [2.24, 2.45) is 0 Å². The van der Waals surface area contributed by atoms with Crippen LogP contribution in [0.5, 0.6) is 0 Å². The number of halogens is 1. The number of carbonyl (C=O) groups is 1. The van der Waals surface area contributed by atoms with Crippen molar-refractivity contribution >= 4 is 11.6 Å². The van der Waals surface area contributed by atoms with Gasteiger partial charge in [0.1, 0.15) is 5.82 Å². The summed E-state index contributed by atoms with van der Waals surface area (Å²) >= 11 is 0. The lowest BCUT2D eigenvalue weighted by Gasteiger charge is -2.34. The van der Waals surface area contributed by atoms with E-state index in [1.165, 1.54) is 11.6 Å². The summed E-state index contributed by atoms with van der Waals surface area (Å²) in [5.41, 5.74) is 4.04. The second-order valence-corrected chi connectivity index (χ2v) is 9.51. The van der Waals surface area contributed by atoms with Crippen LogP contribution < -0.4 is 4.90 Å². The van der Waals surface area contributed by atoms with Gasteiger partial charge in [0, 0.05) is 70.0 Å². The SMILES string of the molecule is CN1CCN(CCC(=O)N2CC3(CCOCC3)c3cc(-c4cccc(F)c4)ccc32)CC1. The summed E-state index contributed by atoms with van der Waals surface area (Å²) in [5.74, 6) is -0.0310. The Hall–Kier alpha value is -2.28. The van der Waals surface area contributed by atoms with Gasteiger partial charge in [-0.1, -0.05) is 18.2 Å². The van der Waals surface area contributed by atoms with Gasteiger partial charge in [-0.2, -0.15) is 0 Å². The molecule has 3 aliphatic rings. The van der Waals surface area contributed by atoms with Crippen molar-refractivity contribution < 1.29 is 13.9 Å². The summed E-state index contributed by atoms with van der Waals surface area (Å²) in [6.45, 7) is 7.15. The van der Waals surface area contributed by atoms with Gasteiger partial charge in [-0.25, -0.2) is 4.39 Å². The first kappa shape index (κ1) is 21.6. The van der Waals surface area contributed by atoms with Crippen LogP contribution in [0.2, 0.25) is 0 Å². The second-order valence-electron chi connectivity index (χ2n) is 9.51. The van der Waals surface area contributed by atoms with Crippen molar-refractivity contribution in [1.82, 2.24) is 9.80 Å². The number of amides is 1. The number of likely N-dealkylation sites (N-methyl/N-ethyl adjacent to an activating group) is 1. The predicted octanol–water partition coefficient (Wildman–Crippen LogP) is 3.53. The number of hydrogen-bond acceptors (Lipinski definition) is 4. The van der Waals surface area contributed by atoms with Crippen molar-refractivity contribution in [3.63, 3.8) is 0 Å². The maximum atomic E-state index is 13.8. The van der Waals surface area contributed by atoms with Crippen molar-refractivity contribution in [2.45, 2.75) is 24.7 Å². The van der Waals surface area contributed by atoms with Crippen LogP contribution in [0.1, 0.15) is 24.8 Å². The monoisotopic (exact) mass is 437 g/mol. The van der Waals surface area contributed by atoms with Gasteiger partial charge in [0.15, 0.2) is 0 Å². The van der Waals surface area contributed by atoms with Crippen LogP contribution in [0.3, 0.4) is 0 Å². The molecule has 1 amide bonds. The van der Waals surface area contributed by atoms with Gasteiger partial charge >= 0.3 is 0 Å². The molecular formula is C26H32FN3O2. The predicted molar refractivity (Wildman–Crippen MR) is 124 cm³/mol. The Morgan fingerprint density at radius 3 is 2.53 bits per heavy atom. The molecule has 0 aromatic heterocycles. The average molecular weight is 438 g/mol. The first-order valence-corrected chi connectivity index (χ1v) is 11.7. The van der Waals surface area contributed by atoms with E-state index in [4.69, 9.17) is 4.74 Å². The van der Waals surface area contributed by atoms with Crippen LogP contribution in [-0.2, 0) is 14.9 Å². The first-order valence-electron chi connectivity index (χ1n) is 11.7. The highest BCUT2D eigenvalue weighted by Crippen LogP contribution is 2.48. The van der Waals surface area contributed by atoms with Crippen molar-refractivity contribution in [3.8, 4) is 11.1 Å². The zero-order chi connectivity index (χ0) is 22.1. The molecule has 0 radical (unpaired) electrons. The molecule has 0 atom stereocenters. The maximum absolute atomic E-state index is 13.8. The van der Waals surface area contributed by atoms with Crippen LogP contribution in [-0.4, -0.2) is 75.2 Å². The Morgan fingerprint density at radius 1 is 1.03 bits per heavy atom. The van der Waals surface area contributed by atoms with E-state index in [2.05, 4.69) is 29.0 Å². The lowest BCUT2D eigenvalue weighted by Crippen LogP contribution is -2.46. The number of benzene rings is 2. The molecule has 5 rings (SSSR count). The van der Waals surface area contributed by atoms with Gasteiger partial charge in [0.25, 0.3) is 0 Å². The minimum absolute atomic E-state index is 0.0690. The highest BCUT2D eigenvalue weighted by atomic mass is 19.1. The molecule has 3 aliphatic heterocycles. The molecule has 0 aliphatic carbocycles. The topological polar surface area (TPSA) is 36.0 Å². The van der Waals surface area contributed by atoms with E-state index < -0.39 is 0 Å². The molecule has 2 aromatic carbocycles. The third-order valence-corrected chi connectivity index (χ3v) is 7.47. The van der Waals surface area contributed by atoms with E-state index in [-0.39, 0.29) is 17.1 Å². The fourth-order valence-electron chi connectivity index (χ4n) is 5.39. The number of ether oxygens (including phenoxy) is 1. The van der Waals surface area contributed by atoms with Gasteiger partial charge in [0.2, 0.25) is 5.91 Å². The fraction of sp³-hybridized carbons (Fsp3) is 0.500. The third-order valence-electron chi connectivity index (χ3n) is 7.47. The first-order chi connectivity index (χ1) is 15.5. The van der Waals surface area contributed by atoms with Crippen molar-refractivity contribution in [3.05, 3.63) is 53.8 Å². The van der Waals surface area contributed by atoms with Gasteiger partial charge in [-0.05, 0) is 60.8 Å². The minimum Gasteiger partial charge on any atom is -0.381 e. The van der Waals surface area contributed by atoms with Gasteiger partial charge in [-0.15, -0.1) is 0 Å². The molecule has 0 bridgehead atoms. The molecule has 0 saturated carbocycles. The van der Waals surface area contributed by atoms with Crippen LogP contribution in [0.15, 0.2) is 42.5 Å². The lowest BCUT2D eigenvalue weighted by molar-refractivity contribution is -0.119. The molecule has 170 valence electrons. The summed E-state index contributed by atoms with van der Waals surface area (Å²) < 4.78 is 19.5. The standard InChI is InChI=1S/C26H32FN3O2/c1-28-11-13-29(14-12-28)10-7-25(31)30-19-26(8-15-32-16-9-26)23-18-21(5-6-24(23)30)20-3-2-4-22(27)17-20/h2-6,17-18H,7-16,19H2,1H3. The van der Waals surface area contributed by atoms with Gasteiger partial charge < -0.3 is 19.4 Å². The number of anilines is 1. The quantitative estimate of drug-likeness (QED) is 0.733. The Labute approximate surface area is 189 Å². The minimum atomic E-state index is -0.232. The fourth-order valence-corrected chi connectivity index (χ4v) is 5.39. The van der Waals surface area contributed by atoms with E-state index in [1.807, 2.05) is 17.0 Å². The normalized spacial score (nSPS) is 21.1. The Balaban J connectivity index is 1.39. The number of rotatable bonds is 4. The number of nitrogens with zero attached hydrogens (tertiary/aromatic N) is 3. The van der Waals surface area contributed by atoms with Crippen LogP contribution in [0, 0.1) is 5.82 Å². The van der Waals surface area contributed by atoms with E-state index in [0.717, 1.165) is 68.9 Å². The summed E-state index contributed by atoms with van der Waals surface area (Å²) in [4.78, 5) is 20.1. The lowest BCUT2D eigenvalue weighted by atomic mass is 9.75. The number of fused-ring (bicyclic) bond motifs is 2. The van der Waals surface area contributed by atoms with Crippen LogP contribution in [0.4, 0.5) is 10.1 Å². The van der Waals surface area contributed by atoms with Gasteiger partial charge in [0.05, 0.1) is 0 Å². The number of hydrogen-bond donors (Lipinski definition) is 0. The summed E-state index contributed by atoms with van der Waals surface area (Å²) in [6.07, 6.45) is 2.37. The number of carbonyl (C=O) groups excluding carboxylic acids is 1. The molecule has 1 spiro atoms. The second kappa shape index (κ2) is 8.93. The smallest absolute Gasteiger partial charge is 0.228 e. The molecule has 2 fully saturated rings. The molecule has 6 heteroatoms. The van der Waals surface area contributed by atoms with E-state index in [0.29, 0.717) is 19.6 Å². The van der Waals surface area contributed by atoms with E-state index in [1.54, 1.807) is 12.1 Å². The molecule has 2 aromatic rings. The largest absolute Gasteiger partial charge is 0.381 e. The maximum Gasteiger partial charge on any atom is 0.228 e. The molecule has 5 nitrogen and oxygen atoms in total. The number of piperazine rings is 1. The summed E-state index contributed by atoms with van der Waals surface area (Å²) in [7, 11) is 2.15. The average Bonchev–Trinajstić information content (AvgIpc) is 3.12. The molecule has 0 N–H and O–H groups in total. The Bertz CT molecular complexity index is 981. The highest BCUT2D eigenvalue weighted by molar-refractivity contribution is 5.97. The van der Waals surface area contributed by atoms with Crippen LogP contribution in [0.25, 0.3) is 11.1 Å². The zero-order valence-electron chi connectivity index (χ0n) is 18.9. The zero-order valence-corrected chi connectivity index (χ0v) is 18.9. The molecule has 3 heterocycles. The molecule has 32 heavy (non-hydrogen) atoms. The molecule has 0 unspecified atom stereocenters. The van der Waals surface area contributed by atoms with E-state index in [9.17, 15) is 9.18 Å². The summed E-state index contributed by atoms with van der Waals surface area (Å²) in [5, 5.41) is 0. The highest BCUT2D eigenvalue weighted by Gasteiger charge is 2.45. The third kappa shape index (κ3) is 4.19. The van der Waals surface area contributed by atoms with E-state index >= 15 is 0 Å². The summed E-state index contributed by atoms with van der Waals surface area (Å²) in [6, 6.07) is 13.0. The Morgan fingerprint density at radius 2 is 1.78 bits per heavy atom. The molecular weight excluding hydrogens is 405 g/mol. The Kier molecular flexibility index (Phi) is 6.01. The van der Waals surface area contributed by atoms with Crippen molar-refractivity contribution in [2.75, 3.05) is 64.4 Å². The van der Waals surface area contributed by atoms with Gasteiger partial charge in [-0.3, -0.25) is 4.79 Å². The van der Waals surface area contributed by atoms with Crippen molar-refractivity contribution in [1.29, 1.82) is 0 Å². The van der Waals surface area contributed by atoms with Crippen LogP contribution >= 0.6 is 0 Å². The molecule has 2 saturated heterocycles.